The van der Waals surface area contributed by atoms with Gasteiger partial charge in [0.1, 0.15) is 0 Å². The summed E-state index contributed by atoms with van der Waals surface area (Å²) in [6.45, 7) is 1.43. The highest BCUT2D eigenvalue weighted by Crippen LogP contribution is 2.39. The fourth-order valence-electron chi connectivity index (χ4n) is 1.25. The van der Waals surface area contributed by atoms with Crippen molar-refractivity contribution in [2.45, 2.75) is 13.1 Å². The molecule has 3 nitrogen and oxygen atoms in total. The van der Waals surface area contributed by atoms with Crippen molar-refractivity contribution < 1.29 is 27.5 Å². The molecule has 0 unspecified atom stereocenters. The molecule has 0 bridgehead atoms. The molecule has 104 valence electrons. The first-order valence-corrected chi connectivity index (χ1v) is 5.72. The number of carbonyl (C=O) groups is 2. The number of ketones is 1. The van der Waals surface area contributed by atoms with Crippen LogP contribution >= 0.6 is 23.2 Å². The van der Waals surface area contributed by atoms with E-state index >= 15 is 0 Å². The number of hydrogen-bond donors (Lipinski definition) is 0. The molecule has 0 N–H and O–H groups in total. The summed E-state index contributed by atoms with van der Waals surface area (Å²) < 4.78 is 42.0. The zero-order chi connectivity index (χ0) is 14.8. The van der Waals surface area contributed by atoms with Crippen LogP contribution in [-0.4, -0.2) is 18.4 Å². The van der Waals surface area contributed by atoms with Gasteiger partial charge in [-0.15, -0.1) is 0 Å². The van der Waals surface area contributed by atoms with Crippen molar-refractivity contribution in [1.82, 2.24) is 0 Å². The van der Waals surface area contributed by atoms with Crippen LogP contribution in [0.15, 0.2) is 12.1 Å². The lowest BCUT2D eigenvalue weighted by molar-refractivity contribution is -0.138. The second kappa shape index (κ2) is 5.79. The summed E-state index contributed by atoms with van der Waals surface area (Å²) in [6, 6.07) is 1.37. The van der Waals surface area contributed by atoms with Gasteiger partial charge in [-0.25, -0.2) is 4.79 Å². The Kier molecular flexibility index (Phi) is 4.81. The standard InChI is InChI=1S/C11H7Cl2F3O3/c1-2-19-10(18)9(17)5-3-4-6(11(14,15)16)8(13)7(5)12/h3-4H,2H2,1H3. The summed E-state index contributed by atoms with van der Waals surface area (Å²) in [5.41, 5.74) is -1.61. The van der Waals surface area contributed by atoms with Crippen LogP contribution in [0.3, 0.4) is 0 Å². The van der Waals surface area contributed by atoms with Crippen molar-refractivity contribution in [2.24, 2.45) is 0 Å². The summed E-state index contributed by atoms with van der Waals surface area (Å²) in [4.78, 5) is 22.8. The van der Waals surface area contributed by atoms with E-state index in [-0.39, 0.29) is 6.61 Å². The molecule has 0 atom stereocenters. The first-order valence-electron chi connectivity index (χ1n) is 4.96. The van der Waals surface area contributed by atoms with Crippen LogP contribution in [-0.2, 0) is 15.7 Å². The molecule has 0 amide bonds. The van der Waals surface area contributed by atoms with Gasteiger partial charge in [0.25, 0.3) is 5.78 Å². The van der Waals surface area contributed by atoms with Crippen LogP contribution in [0.1, 0.15) is 22.8 Å². The normalized spacial score (nSPS) is 11.3. The number of esters is 1. The van der Waals surface area contributed by atoms with E-state index in [9.17, 15) is 22.8 Å². The molecule has 19 heavy (non-hydrogen) atoms. The highest BCUT2D eigenvalue weighted by molar-refractivity contribution is 6.49. The highest BCUT2D eigenvalue weighted by Gasteiger charge is 2.35. The van der Waals surface area contributed by atoms with Gasteiger partial charge in [0.05, 0.1) is 22.2 Å². The summed E-state index contributed by atoms with van der Waals surface area (Å²) >= 11 is 11.0. The maximum absolute atomic E-state index is 12.5. The fourth-order valence-corrected chi connectivity index (χ4v) is 1.77. The SMILES string of the molecule is CCOC(=O)C(=O)c1ccc(C(F)(F)F)c(Cl)c1Cl. The lowest BCUT2D eigenvalue weighted by atomic mass is 10.1. The zero-order valence-corrected chi connectivity index (χ0v) is 11.0. The van der Waals surface area contributed by atoms with E-state index in [1.54, 1.807) is 0 Å². The van der Waals surface area contributed by atoms with E-state index in [4.69, 9.17) is 23.2 Å². The van der Waals surface area contributed by atoms with Gasteiger partial charge >= 0.3 is 12.1 Å². The Hall–Kier alpha value is -1.27. The second-order valence-corrected chi connectivity index (χ2v) is 4.09. The van der Waals surface area contributed by atoms with E-state index in [0.29, 0.717) is 6.07 Å². The molecule has 0 radical (unpaired) electrons. The van der Waals surface area contributed by atoms with Gasteiger partial charge in [-0.2, -0.15) is 13.2 Å². The Bertz CT molecular complexity index is 527. The lowest BCUT2D eigenvalue weighted by Crippen LogP contribution is -2.18. The Morgan fingerprint density at radius 1 is 1.21 bits per heavy atom. The summed E-state index contributed by atoms with van der Waals surface area (Å²) in [5, 5.41) is -1.46. The Morgan fingerprint density at radius 3 is 2.26 bits per heavy atom. The second-order valence-electron chi connectivity index (χ2n) is 3.34. The Morgan fingerprint density at radius 2 is 1.79 bits per heavy atom. The number of ether oxygens (including phenoxy) is 1. The molecular formula is C11H7Cl2F3O3. The van der Waals surface area contributed by atoms with Crippen molar-refractivity contribution in [1.29, 1.82) is 0 Å². The predicted octanol–water partition coefficient (Wildman–Crippen LogP) is 3.76. The van der Waals surface area contributed by atoms with Gasteiger partial charge in [-0.3, -0.25) is 4.79 Å². The molecule has 0 saturated heterocycles. The van der Waals surface area contributed by atoms with Crippen molar-refractivity contribution in [2.75, 3.05) is 6.61 Å². The largest absolute Gasteiger partial charge is 0.460 e. The van der Waals surface area contributed by atoms with E-state index in [0.717, 1.165) is 6.07 Å². The Labute approximate surface area is 116 Å². The van der Waals surface area contributed by atoms with Gasteiger partial charge in [0, 0.05) is 5.56 Å². The molecule has 0 fully saturated rings. The smallest absolute Gasteiger partial charge is 0.417 e. The van der Waals surface area contributed by atoms with Crippen molar-refractivity contribution >= 4 is 35.0 Å². The number of hydrogen-bond acceptors (Lipinski definition) is 3. The minimum atomic E-state index is -4.70. The molecule has 0 aliphatic rings. The van der Waals surface area contributed by atoms with Crippen molar-refractivity contribution in [3.05, 3.63) is 33.3 Å². The number of rotatable bonds is 3. The monoisotopic (exact) mass is 314 g/mol. The average Bonchev–Trinajstić information content (AvgIpc) is 2.30. The molecule has 0 spiro atoms. The molecule has 0 heterocycles. The number of alkyl halides is 3. The lowest BCUT2D eigenvalue weighted by Gasteiger charge is -2.12. The zero-order valence-electron chi connectivity index (χ0n) is 9.48. The summed E-state index contributed by atoms with van der Waals surface area (Å²) in [7, 11) is 0. The molecule has 0 aromatic heterocycles. The third-order valence-corrected chi connectivity index (χ3v) is 2.98. The molecule has 0 aliphatic heterocycles. The van der Waals surface area contributed by atoms with Gasteiger partial charge in [-0.05, 0) is 19.1 Å². The van der Waals surface area contributed by atoms with Gasteiger partial charge in [0.15, 0.2) is 0 Å². The number of halogens is 5. The van der Waals surface area contributed by atoms with E-state index in [2.05, 4.69) is 4.74 Å². The van der Waals surface area contributed by atoms with Gasteiger partial charge in [0.2, 0.25) is 0 Å². The quantitative estimate of drug-likeness (QED) is 0.485. The third kappa shape index (κ3) is 3.39. The topological polar surface area (TPSA) is 43.4 Å². The van der Waals surface area contributed by atoms with Crippen LogP contribution in [0.2, 0.25) is 10.0 Å². The molecule has 0 saturated carbocycles. The average molecular weight is 315 g/mol. The van der Waals surface area contributed by atoms with Crippen LogP contribution < -0.4 is 0 Å². The van der Waals surface area contributed by atoms with Gasteiger partial charge in [-0.1, -0.05) is 23.2 Å². The molecule has 0 aliphatic carbocycles. The first kappa shape index (κ1) is 15.8. The first-order chi connectivity index (χ1) is 8.70. The third-order valence-electron chi connectivity index (χ3n) is 2.09. The summed E-state index contributed by atoms with van der Waals surface area (Å²) in [6.07, 6.45) is -4.70. The molecule has 1 aromatic rings. The van der Waals surface area contributed by atoms with E-state index in [1.165, 1.54) is 6.92 Å². The number of benzene rings is 1. The van der Waals surface area contributed by atoms with Gasteiger partial charge < -0.3 is 4.74 Å². The summed E-state index contributed by atoms with van der Waals surface area (Å²) in [5.74, 6) is -2.36. The maximum Gasteiger partial charge on any atom is 0.417 e. The van der Waals surface area contributed by atoms with Crippen LogP contribution in [0.5, 0.6) is 0 Å². The number of carbonyl (C=O) groups excluding carboxylic acids is 2. The van der Waals surface area contributed by atoms with Crippen molar-refractivity contribution in [3.8, 4) is 0 Å². The van der Waals surface area contributed by atoms with Crippen LogP contribution in [0, 0.1) is 0 Å². The van der Waals surface area contributed by atoms with Crippen LogP contribution in [0.25, 0.3) is 0 Å². The Balaban J connectivity index is 3.24. The van der Waals surface area contributed by atoms with Crippen LogP contribution in [0.4, 0.5) is 13.2 Å². The van der Waals surface area contributed by atoms with E-state index < -0.39 is 39.1 Å². The highest BCUT2D eigenvalue weighted by atomic mass is 35.5. The maximum atomic E-state index is 12.5. The minimum Gasteiger partial charge on any atom is -0.460 e. The molecule has 1 rings (SSSR count). The molecular weight excluding hydrogens is 308 g/mol. The molecule has 1 aromatic carbocycles. The van der Waals surface area contributed by atoms with E-state index in [1.807, 2.05) is 0 Å². The predicted molar refractivity (Wildman–Crippen MR) is 62.4 cm³/mol. The van der Waals surface area contributed by atoms with Crippen molar-refractivity contribution in [3.63, 3.8) is 0 Å². The molecule has 8 heteroatoms. The minimum absolute atomic E-state index is 0.0451. The fraction of sp³-hybridized carbons (Fsp3) is 0.273. The number of Topliss-reactive ketones (excluding diaryl/α,β-unsaturated/α-hetero) is 1.